The van der Waals surface area contributed by atoms with Gasteiger partial charge in [0.1, 0.15) is 11.0 Å². The van der Waals surface area contributed by atoms with E-state index in [1.807, 2.05) is 66.4 Å². The Morgan fingerprint density at radius 3 is 2.22 bits per heavy atom. The van der Waals surface area contributed by atoms with Crippen LogP contribution in [0.25, 0.3) is 0 Å². The van der Waals surface area contributed by atoms with Gasteiger partial charge in [-0.15, -0.1) is 0 Å². The van der Waals surface area contributed by atoms with Crippen molar-refractivity contribution in [2.24, 2.45) is 0 Å². The number of ether oxygens (including phenoxy) is 1. The Morgan fingerprint density at radius 1 is 0.892 bits per heavy atom. The third-order valence-corrected chi connectivity index (χ3v) is 8.36. The van der Waals surface area contributed by atoms with E-state index in [2.05, 4.69) is 0 Å². The maximum Gasteiger partial charge on any atom is 0.246 e. The molecular weight excluding hydrogens is 505 g/mol. The number of aryl methyl sites for hydroxylation is 1. The highest BCUT2D eigenvalue weighted by Gasteiger charge is 2.33. The average molecular weight is 535 g/mol. The van der Waals surface area contributed by atoms with Gasteiger partial charge in [-0.05, 0) is 35.7 Å². The number of β-amino-alcohol motifs (C(OH)–C–C–N with tert-alkyl or cyclic N) is 1. The van der Waals surface area contributed by atoms with Crippen LogP contribution in [0.1, 0.15) is 22.8 Å². The Kier molecular flexibility index (Phi) is 8.66. The van der Waals surface area contributed by atoms with Crippen LogP contribution in [0.2, 0.25) is 0 Å². The van der Waals surface area contributed by atoms with Gasteiger partial charge in [0.2, 0.25) is 10.0 Å². The second kappa shape index (κ2) is 11.7. The lowest BCUT2D eigenvalue weighted by Crippen LogP contribution is -2.50. The predicted molar refractivity (Wildman–Crippen MR) is 133 cm³/mol. The van der Waals surface area contributed by atoms with E-state index in [1.54, 1.807) is 0 Å². The summed E-state index contributed by atoms with van der Waals surface area (Å²) in [5, 5.41) is 10.7. The number of hydrogen-bond donors (Lipinski definition) is 1. The van der Waals surface area contributed by atoms with Crippen molar-refractivity contribution in [1.82, 2.24) is 9.21 Å². The van der Waals surface area contributed by atoms with Crippen molar-refractivity contribution in [3.05, 3.63) is 101 Å². The first kappa shape index (κ1) is 27.3. The summed E-state index contributed by atoms with van der Waals surface area (Å²) in [6.45, 7) is 2.91. The fraction of sp³-hybridized carbons (Fsp3) is 0.333. The average Bonchev–Trinajstić information content (AvgIpc) is 2.89. The minimum Gasteiger partial charge on any atom is -0.389 e. The summed E-state index contributed by atoms with van der Waals surface area (Å²) in [5.74, 6) is -4.99. The highest BCUT2D eigenvalue weighted by molar-refractivity contribution is 7.89. The minimum atomic E-state index is -4.33. The molecule has 0 saturated carbocycles. The summed E-state index contributed by atoms with van der Waals surface area (Å²) in [6.07, 6.45) is -1.19. The first-order valence-corrected chi connectivity index (χ1v) is 13.4. The Morgan fingerprint density at radius 2 is 1.54 bits per heavy atom. The van der Waals surface area contributed by atoms with Gasteiger partial charge in [-0.3, -0.25) is 4.90 Å². The highest BCUT2D eigenvalue weighted by Crippen LogP contribution is 2.29. The molecule has 0 radical (unpaired) electrons. The molecule has 10 heteroatoms. The minimum absolute atomic E-state index is 0.0181. The maximum absolute atomic E-state index is 14.1. The van der Waals surface area contributed by atoms with Gasteiger partial charge in [0, 0.05) is 32.7 Å². The largest absolute Gasteiger partial charge is 0.389 e. The third-order valence-electron chi connectivity index (χ3n) is 6.45. The Balaban J connectivity index is 1.35. The quantitative estimate of drug-likeness (QED) is 0.422. The third kappa shape index (κ3) is 6.22. The number of aliphatic hydroxyl groups excluding tert-OH is 1. The smallest absolute Gasteiger partial charge is 0.246 e. The van der Waals surface area contributed by atoms with Crippen LogP contribution in [0, 0.1) is 24.4 Å². The van der Waals surface area contributed by atoms with Gasteiger partial charge in [0.15, 0.2) is 17.5 Å². The van der Waals surface area contributed by atoms with Crippen molar-refractivity contribution in [3.8, 4) is 0 Å². The van der Waals surface area contributed by atoms with Crippen molar-refractivity contribution < 1.29 is 31.4 Å². The fourth-order valence-electron chi connectivity index (χ4n) is 4.43. The maximum atomic E-state index is 14.1. The van der Waals surface area contributed by atoms with Crippen LogP contribution in [0.5, 0.6) is 0 Å². The van der Waals surface area contributed by atoms with Crippen molar-refractivity contribution in [2.45, 2.75) is 24.0 Å². The van der Waals surface area contributed by atoms with Crippen LogP contribution >= 0.6 is 0 Å². The molecule has 0 bridgehead atoms. The molecule has 1 fully saturated rings. The number of aliphatic hydroxyl groups is 1. The number of nitrogens with zero attached hydrogens (tertiary/aromatic N) is 2. The monoisotopic (exact) mass is 534 g/mol. The summed E-state index contributed by atoms with van der Waals surface area (Å²) < 4.78 is 73.7. The topological polar surface area (TPSA) is 70.1 Å². The van der Waals surface area contributed by atoms with Crippen molar-refractivity contribution >= 4 is 10.0 Å². The summed E-state index contributed by atoms with van der Waals surface area (Å²) in [4.78, 5) is 0.990. The first-order chi connectivity index (χ1) is 17.7. The highest BCUT2D eigenvalue weighted by atomic mass is 32.2. The number of hydrogen-bond acceptors (Lipinski definition) is 5. The molecule has 6 nitrogen and oxygen atoms in total. The van der Waals surface area contributed by atoms with E-state index in [1.165, 1.54) is 0 Å². The van der Waals surface area contributed by atoms with Gasteiger partial charge in [-0.25, -0.2) is 21.6 Å². The lowest BCUT2D eigenvalue weighted by molar-refractivity contribution is -0.0118. The molecule has 3 aromatic rings. The van der Waals surface area contributed by atoms with E-state index in [-0.39, 0.29) is 45.4 Å². The molecule has 0 spiro atoms. The molecule has 2 atom stereocenters. The van der Waals surface area contributed by atoms with Crippen molar-refractivity contribution in [3.63, 3.8) is 0 Å². The fourth-order valence-corrected chi connectivity index (χ4v) is 5.91. The van der Waals surface area contributed by atoms with Crippen LogP contribution in [0.4, 0.5) is 13.2 Å². The molecule has 1 aliphatic heterocycles. The van der Waals surface area contributed by atoms with Crippen LogP contribution in [-0.2, 0) is 14.8 Å². The summed E-state index contributed by atoms with van der Waals surface area (Å²) in [6, 6.07) is 19.0. The number of benzene rings is 3. The molecule has 3 aromatic carbocycles. The number of rotatable bonds is 9. The molecule has 0 aliphatic carbocycles. The van der Waals surface area contributed by atoms with E-state index in [0.717, 1.165) is 27.1 Å². The van der Waals surface area contributed by atoms with E-state index in [0.29, 0.717) is 6.07 Å². The van der Waals surface area contributed by atoms with Crippen molar-refractivity contribution in [2.75, 3.05) is 39.3 Å². The van der Waals surface area contributed by atoms with Crippen LogP contribution < -0.4 is 0 Å². The van der Waals surface area contributed by atoms with Gasteiger partial charge in [-0.1, -0.05) is 54.6 Å². The second-order valence-electron chi connectivity index (χ2n) is 9.01. The summed E-state index contributed by atoms with van der Waals surface area (Å²) in [5.41, 5.74) is 3.04. The number of halogens is 3. The molecule has 37 heavy (non-hydrogen) atoms. The molecule has 1 N–H and O–H groups in total. The molecule has 1 heterocycles. The van der Waals surface area contributed by atoms with Crippen molar-refractivity contribution in [1.29, 1.82) is 0 Å². The Hall–Kier alpha value is -2.76. The standard InChI is InChI=1S/C27H29F3N2O4S/c1-19-7-5-6-10-22(19)27(20-8-3-2-4-9-20)36-18-21(33)17-31-13-15-32(16-14-31)37(34,35)24-12-11-23(28)25(29)26(24)30/h2-12,21,27,33H,13-18H2,1H3/t21-,27-/m0/s1. The van der Waals surface area contributed by atoms with Crippen LogP contribution in [-0.4, -0.2) is 68.2 Å². The zero-order valence-corrected chi connectivity index (χ0v) is 21.2. The van der Waals surface area contributed by atoms with Gasteiger partial charge in [-0.2, -0.15) is 4.31 Å². The molecule has 0 aromatic heterocycles. The SMILES string of the molecule is Cc1ccccc1[C@@H](OC[C@@H](O)CN1CCN(S(=O)(=O)c2ccc(F)c(F)c2F)CC1)c1ccccc1. The zero-order chi connectivity index (χ0) is 26.6. The second-order valence-corrected chi connectivity index (χ2v) is 10.9. The van der Waals surface area contributed by atoms with E-state index >= 15 is 0 Å². The Labute approximate surface area is 215 Å². The van der Waals surface area contributed by atoms with Crippen LogP contribution in [0.15, 0.2) is 71.6 Å². The molecule has 0 unspecified atom stereocenters. The van der Waals surface area contributed by atoms with Gasteiger partial charge < -0.3 is 9.84 Å². The molecule has 198 valence electrons. The molecule has 0 amide bonds. The van der Waals surface area contributed by atoms with Gasteiger partial charge in [0.05, 0.1) is 12.7 Å². The van der Waals surface area contributed by atoms with E-state index < -0.39 is 38.5 Å². The predicted octanol–water partition coefficient (Wildman–Crippen LogP) is 3.89. The zero-order valence-electron chi connectivity index (χ0n) is 20.4. The van der Waals surface area contributed by atoms with Crippen LogP contribution in [0.3, 0.4) is 0 Å². The lowest BCUT2D eigenvalue weighted by Gasteiger charge is -2.35. The van der Waals surface area contributed by atoms with Gasteiger partial charge in [0.25, 0.3) is 0 Å². The molecular formula is C27H29F3N2O4S. The van der Waals surface area contributed by atoms with Gasteiger partial charge >= 0.3 is 0 Å². The number of sulfonamides is 1. The number of piperazine rings is 1. The van der Waals surface area contributed by atoms with E-state index in [4.69, 9.17) is 4.74 Å². The molecule has 1 aliphatic rings. The van der Waals surface area contributed by atoms with E-state index in [9.17, 15) is 26.7 Å². The summed E-state index contributed by atoms with van der Waals surface area (Å²) >= 11 is 0. The Bertz CT molecular complexity index is 1320. The first-order valence-electron chi connectivity index (χ1n) is 11.9. The lowest BCUT2D eigenvalue weighted by atomic mass is 9.97. The molecule has 4 rings (SSSR count). The normalized spacial score (nSPS) is 17.0. The summed E-state index contributed by atoms with van der Waals surface area (Å²) in [7, 11) is -4.33. The molecule has 1 saturated heterocycles.